The van der Waals surface area contributed by atoms with Crippen molar-refractivity contribution in [1.82, 2.24) is 0 Å². The summed E-state index contributed by atoms with van der Waals surface area (Å²) < 4.78 is 23.7. The van der Waals surface area contributed by atoms with Gasteiger partial charge >= 0.3 is 0 Å². The predicted molar refractivity (Wildman–Crippen MR) is 76.5 cm³/mol. The molecular weight excluding hydrogens is 244 g/mol. The summed E-state index contributed by atoms with van der Waals surface area (Å²) in [6.07, 6.45) is 0.947. The number of rotatable bonds is 2. The average Bonchev–Trinajstić information content (AvgIpc) is 2.14. The first-order valence-electron chi connectivity index (χ1n) is 6.27. The maximum Gasteiger partial charge on any atom is 0.183 e. The van der Waals surface area contributed by atoms with Crippen LogP contribution in [0.4, 0.5) is 0 Å². The second-order valence-electron chi connectivity index (χ2n) is 7.00. The van der Waals surface area contributed by atoms with E-state index >= 15 is 0 Å². The molecule has 0 fully saturated rings. The lowest BCUT2D eigenvalue weighted by Crippen LogP contribution is -2.27. The summed E-state index contributed by atoms with van der Waals surface area (Å²) in [6, 6.07) is 7.29. The van der Waals surface area contributed by atoms with Crippen molar-refractivity contribution in [3.63, 3.8) is 0 Å². The van der Waals surface area contributed by atoms with E-state index in [9.17, 15) is 8.42 Å². The van der Waals surface area contributed by atoms with Gasteiger partial charge in [0.15, 0.2) is 9.84 Å². The molecule has 0 aliphatic rings. The summed E-state index contributed by atoms with van der Waals surface area (Å²) in [5.41, 5.74) is 1.39. The quantitative estimate of drug-likeness (QED) is 0.816. The predicted octanol–water partition coefficient (Wildman–Crippen LogP) is 3.85. The van der Waals surface area contributed by atoms with Crippen LogP contribution in [-0.2, 0) is 16.3 Å². The van der Waals surface area contributed by atoms with Crippen molar-refractivity contribution in [2.45, 2.75) is 57.6 Å². The van der Waals surface area contributed by atoms with Crippen molar-refractivity contribution in [3.8, 4) is 0 Å². The van der Waals surface area contributed by atoms with Gasteiger partial charge in [0, 0.05) is 0 Å². The molecule has 1 rings (SSSR count). The van der Waals surface area contributed by atoms with Gasteiger partial charge in [0.05, 0.1) is 9.64 Å². The first kappa shape index (κ1) is 15.2. The van der Waals surface area contributed by atoms with Crippen molar-refractivity contribution < 1.29 is 8.42 Å². The molecule has 0 N–H and O–H groups in total. The Labute approximate surface area is 111 Å². The molecule has 1 aromatic carbocycles. The highest BCUT2D eigenvalue weighted by molar-refractivity contribution is 7.92. The van der Waals surface area contributed by atoms with Crippen LogP contribution in [0, 0.1) is 5.41 Å². The van der Waals surface area contributed by atoms with Gasteiger partial charge in [-0.05, 0) is 50.3 Å². The third-order valence-electron chi connectivity index (χ3n) is 2.77. The smallest absolute Gasteiger partial charge is 0.183 e. The lowest BCUT2D eigenvalue weighted by molar-refractivity contribution is 0.411. The highest BCUT2D eigenvalue weighted by Crippen LogP contribution is 2.26. The normalized spacial score (nSPS) is 13.7. The lowest BCUT2D eigenvalue weighted by atomic mass is 9.88. The van der Waals surface area contributed by atoms with Crippen molar-refractivity contribution >= 4 is 9.84 Å². The summed E-state index contributed by atoms with van der Waals surface area (Å²) in [7, 11) is -3.24. The van der Waals surface area contributed by atoms with Crippen LogP contribution >= 0.6 is 0 Å². The van der Waals surface area contributed by atoms with E-state index in [2.05, 4.69) is 20.8 Å². The van der Waals surface area contributed by atoms with Crippen LogP contribution in [-0.4, -0.2) is 13.2 Å². The molecule has 0 bridgehead atoms. The van der Waals surface area contributed by atoms with Crippen LogP contribution in [0.1, 0.15) is 47.1 Å². The molecule has 18 heavy (non-hydrogen) atoms. The maximum absolute atomic E-state index is 12.3. The van der Waals surface area contributed by atoms with Gasteiger partial charge in [-0.2, -0.15) is 0 Å². The van der Waals surface area contributed by atoms with E-state index in [4.69, 9.17) is 0 Å². The fourth-order valence-electron chi connectivity index (χ4n) is 1.75. The molecule has 2 nitrogen and oxygen atoms in total. The van der Waals surface area contributed by atoms with Crippen LogP contribution in [0.3, 0.4) is 0 Å². The highest BCUT2D eigenvalue weighted by Gasteiger charge is 2.30. The Bertz CT molecular complexity index is 497. The topological polar surface area (TPSA) is 34.1 Å². The summed E-state index contributed by atoms with van der Waals surface area (Å²) in [4.78, 5) is 0.410. The van der Waals surface area contributed by atoms with Gasteiger partial charge in [0.1, 0.15) is 0 Å². The molecule has 0 heterocycles. The molecule has 0 saturated heterocycles. The second kappa shape index (κ2) is 4.69. The zero-order valence-corrected chi connectivity index (χ0v) is 13.1. The molecule has 0 amide bonds. The second-order valence-corrected chi connectivity index (χ2v) is 9.70. The van der Waals surface area contributed by atoms with Crippen LogP contribution in [0.15, 0.2) is 29.2 Å². The van der Waals surface area contributed by atoms with Crippen LogP contribution in [0.25, 0.3) is 0 Å². The highest BCUT2D eigenvalue weighted by atomic mass is 32.2. The summed E-state index contributed by atoms with van der Waals surface area (Å²) in [5, 5.41) is 0. The van der Waals surface area contributed by atoms with Crippen molar-refractivity contribution in [2.24, 2.45) is 5.41 Å². The molecule has 102 valence electrons. The molecule has 0 saturated carbocycles. The number of sulfone groups is 1. The third-order valence-corrected chi connectivity index (χ3v) is 5.28. The van der Waals surface area contributed by atoms with Gasteiger partial charge in [-0.15, -0.1) is 0 Å². The average molecular weight is 268 g/mol. The minimum atomic E-state index is -3.24. The van der Waals surface area contributed by atoms with Gasteiger partial charge in [0.2, 0.25) is 0 Å². The molecule has 1 aromatic rings. The van der Waals surface area contributed by atoms with Gasteiger partial charge < -0.3 is 0 Å². The van der Waals surface area contributed by atoms with E-state index in [1.807, 2.05) is 12.1 Å². The zero-order valence-electron chi connectivity index (χ0n) is 12.2. The number of benzene rings is 1. The standard InChI is InChI=1S/C15H24O2S/c1-14(2,3)11-12-7-9-13(10-8-12)18(16,17)15(4,5)6/h7-10H,11H2,1-6H3. The fourth-order valence-corrected chi connectivity index (χ4v) is 2.95. The van der Waals surface area contributed by atoms with Gasteiger partial charge in [-0.1, -0.05) is 32.9 Å². The molecule has 0 atom stereocenters. The fraction of sp³-hybridized carbons (Fsp3) is 0.600. The lowest BCUT2D eigenvalue weighted by Gasteiger charge is -2.21. The molecule has 3 heteroatoms. The Morgan fingerprint density at radius 2 is 1.33 bits per heavy atom. The van der Waals surface area contributed by atoms with Crippen molar-refractivity contribution in [2.75, 3.05) is 0 Å². The zero-order chi connectivity index (χ0) is 14.2. The van der Waals surface area contributed by atoms with Crippen molar-refractivity contribution in [3.05, 3.63) is 29.8 Å². The summed E-state index contributed by atoms with van der Waals surface area (Å²) in [6.45, 7) is 11.7. The molecule has 0 aliphatic heterocycles. The van der Waals surface area contributed by atoms with E-state index in [-0.39, 0.29) is 5.41 Å². The Kier molecular flexibility index (Phi) is 3.97. The largest absolute Gasteiger partial charge is 0.223 e. The molecule has 0 aliphatic carbocycles. The maximum atomic E-state index is 12.3. The Morgan fingerprint density at radius 3 is 1.67 bits per heavy atom. The minimum Gasteiger partial charge on any atom is -0.223 e. The summed E-state index contributed by atoms with van der Waals surface area (Å²) in [5.74, 6) is 0. The Balaban J connectivity index is 3.05. The van der Waals surface area contributed by atoms with Gasteiger partial charge in [0.25, 0.3) is 0 Å². The number of hydrogen-bond acceptors (Lipinski definition) is 2. The molecule has 0 aromatic heterocycles. The van der Waals surface area contributed by atoms with E-state index in [1.165, 1.54) is 5.56 Å². The van der Waals surface area contributed by atoms with Crippen LogP contribution < -0.4 is 0 Å². The minimum absolute atomic E-state index is 0.213. The van der Waals surface area contributed by atoms with E-state index in [1.54, 1.807) is 32.9 Å². The van der Waals surface area contributed by atoms with E-state index < -0.39 is 14.6 Å². The van der Waals surface area contributed by atoms with Crippen molar-refractivity contribution in [1.29, 1.82) is 0 Å². The number of hydrogen-bond donors (Lipinski definition) is 0. The van der Waals surface area contributed by atoms with Crippen LogP contribution in [0.2, 0.25) is 0 Å². The molecule has 0 unspecified atom stereocenters. The first-order chi connectivity index (χ1) is 7.93. The van der Waals surface area contributed by atoms with E-state index in [0.29, 0.717) is 4.90 Å². The van der Waals surface area contributed by atoms with E-state index in [0.717, 1.165) is 6.42 Å². The van der Waals surface area contributed by atoms with Gasteiger partial charge in [-0.3, -0.25) is 0 Å². The molecule has 0 radical (unpaired) electrons. The monoisotopic (exact) mass is 268 g/mol. The SMILES string of the molecule is CC(C)(C)Cc1ccc(S(=O)(=O)C(C)(C)C)cc1. The summed E-state index contributed by atoms with van der Waals surface area (Å²) >= 11 is 0. The van der Waals surface area contributed by atoms with Gasteiger partial charge in [-0.25, -0.2) is 8.42 Å². The first-order valence-corrected chi connectivity index (χ1v) is 7.75. The van der Waals surface area contributed by atoms with Crippen LogP contribution in [0.5, 0.6) is 0 Å². The molecule has 0 spiro atoms. The Morgan fingerprint density at radius 1 is 0.889 bits per heavy atom. The Hall–Kier alpha value is -0.830. The third kappa shape index (κ3) is 3.58. The molecular formula is C15H24O2S.